The van der Waals surface area contributed by atoms with Crippen LogP contribution in [0, 0.1) is 10.1 Å². The van der Waals surface area contributed by atoms with E-state index in [1.165, 1.54) is 24.3 Å². The maximum Gasteiger partial charge on any atom is 1.00 e. The fourth-order valence-electron chi connectivity index (χ4n) is 1.44. The van der Waals surface area contributed by atoms with Gasteiger partial charge >= 0.3 is 35.4 Å². The Morgan fingerprint density at radius 3 is 2.25 bits per heavy atom. The summed E-state index contributed by atoms with van der Waals surface area (Å²) < 4.78 is 4.94. The van der Waals surface area contributed by atoms with Crippen LogP contribution in [0.25, 0.3) is 12.2 Å². The number of nitrogens with zero attached hydrogens (tertiary/aromatic N) is 1. The molecule has 0 saturated heterocycles. The summed E-state index contributed by atoms with van der Waals surface area (Å²) in [5, 5.41) is 21.0. The van der Waals surface area contributed by atoms with E-state index in [2.05, 4.69) is 0 Å². The van der Waals surface area contributed by atoms with Gasteiger partial charge in [0.05, 0.1) is 12.0 Å². The SMILES string of the molecule is O=C([O-])c1ccc(/C=C/c2ccc([N+](=O)[O-])o2)cc1.[Na+]. The van der Waals surface area contributed by atoms with Gasteiger partial charge in [0, 0.05) is 0 Å². The molecule has 20 heavy (non-hydrogen) atoms. The van der Waals surface area contributed by atoms with Crippen molar-refractivity contribution in [1.29, 1.82) is 0 Å². The molecule has 0 N–H and O–H groups in total. The smallest absolute Gasteiger partial charge is 0.545 e. The zero-order chi connectivity index (χ0) is 13.8. The molecule has 2 rings (SSSR count). The van der Waals surface area contributed by atoms with Gasteiger partial charge in [0.25, 0.3) is 0 Å². The van der Waals surface area contributed by atoms with Gasteiger partial charge in [0.1, 0.15) is 10.7 Å². The van der Waals surface area contributed by atoms with E-state index in [1.54, 1.807) is 24.3 Å². The van der Waals surface area contributed by atoms with Gasteiger partial charge in [-0.15, -0.1) is 0 Å². The Labute approximate surface area is 136 Å². The molecular formula is C13H8NNaO5. The Kier molecular flexibility index (Phi) is 5.69. The monoisotopic (exact) mass is 281 g/mol. The third kappa shape index (κ3) is 4.06. The summed E-state index contributed by atoms with van der Waals surface area (Å²) in [7, 11) is 0. The Bertz CT molecular complexity index is 645. The molecule has 0 amide bonds. The van der Waals surface area contributed by atoms with Crippen LogP contribution in [0.3, 0.4) is 0 Å². The average molecular weight is 281 g/mol. The van der Waals surface area contributed by atoms with Crippen LogP contribution >= 0.6 is 0 Å². The first-order valence-corrected chi connectivity index (χ1v) is 5.30. The van der Waals surface area contributed by atoms with Gasteiger partial charge in [0.2, 0.25) is 0 Å². The quantitative estimate of drug-likeness (QED) is 0.395. The minimum Gasteiger partial charge on any atom is -0.545 e. The van der Waals surface area contributed by atoms with Crippen LogP contribution in [0.4, 0.5) is 5.88 Å². The van der Waals surface area contributed by atoms with Crippen molar-refractivity contribution in [2.24, 2.45) is 0 Å². The largest absolute Gasteiger partial charge is 1.00 e. The molecule has 0 aliphatic heterocycles. The molecule has 0 spiro atoms. The summed E-state index contributed by atoms with van der Waals surface area (Å²) in [6, 6.07) is 8.76. The second kappa shape index (κ2) is 7.04. The summed E-state index contributed by atoms with van der Waals surface area (Å²) in [6.45, 7) is 0. The van der Waals surface area contributed by atoms with E-state index in [4.69, 9.17) is 4.42 Å². The first-order valence-electron chi connectivity index (χ1n) is 5.30. The van der Waals surface area contributed by atoms with Crippen molar-refractivity contribution in [2.45, 2.75) is 0 Å². The summed E-state index contributed by atoms with van der Waals surface area (Å²) in [6.07, 6.45) is 3.21. The van der Waals surface area contributed by atoms with Gasteiger partial charge in [0.15, 0.2) is 0 Å². The number of carboxylic acids is 1. The predicted octanol–water partition coefficient (Wildman–Crippen LogP) is -1.27. The molecular weight excluding hydrogens is 273 g/mol. The Balaban J connectivity index is 0.00000200. The van der Waals surface area contributed by atoms with Gasteiger partial charge in [-0.1, -0.05) is 30.3 Å². The van der Waals surface area contributed by atoms with Crippen LogP contribution in [0.1, 0.15) is 21.7 Å². The van der Waals surface area contributed by atoms with E-state index >= 15 is 0 Å². The molecule has 0 fully saturated rings. The van der Waals surface area contributed by atoms with Crippen LogP contribution in [0.5, 0.6) is 0 Å². The zero-order valence-electron chi connectivity index (χ0n) is 10.6. The number of aromatic carboxylic acids is 1. The van der Waals surface area contributed by atoms with E-state index in [9.17, 15) is 20.0 Å². The van der Waals surface area contributed by atoms with Crippen LogP contribution in [0.15, 0.2) is 40.8 Å². The molecule has 1 heterocycles. The third-order valence-corrected chi connectivity index (χ3v) is 2.38. The number of hydrogen-bond donors (Lipinski definition) is 0. The van der Waals surface area contributed by atoms with Crippen molar-refractivity contribution < 1.29 is 48.8 Å². The van der Waals surface area contributed by atoms with Gasteiger partial charge in [-0.2, -0.15) is 0 Å². The van der Waals surface area contributed by atoms with Gasteiger partial charge in [-0.25, -0.2) is 0 Å². The first-order chi connectivity index (χ1) is 9.06. The number of furan rings is 1. The van der Waals surface area contributed by atoms with E-state index in [0.29, 0.717) is 5.76 Å². The molecule has 6 nitrogen and oxygen atoms in total. The fraction of sp³-hybridized carbons (Fsp3) is 0. The third-order valence-electron chi connectivity index (χ3n) is 2.38. The van der Waals surface area contributed by atoms with Crippen molar-refractivity contribution in [3.05, 3.63) is 63.4 Å². The van der Waals surface area contributed by atoms with E-state index in [-0.39, 0.29) is 41.0 Å². The molecule has 0 saturated carbocycles. The molecule has 0 atom stereocenters. The molecule has 0 aliphatic carbocycles. The number of carboxylic acid groups (broad SMARTS) is 1. The minimum absolute atomic E-state index is 0. The molecule has 7 heteroatoms. The molecule has 96 valence electrons. The fourth-order valence-corrected chi connectivity index (χ4v) is 1.44. The summed E-state index contributed by atoms with van der Waals surface area (Å²) in [4.78, 5) is 20.3. The number of carbonyl (C=O) groups is 1. The maximum absolute atomic E-state index is 10.6. The van der Waals surface area contributed by atoms with Crippen LogP contribution < -0.4 is 34.7 Å². The molecule has 0 unspecified atom stereocenters. The molecule has 0 radical (unpaired) electrons. The standard InChI is InChI=1S/C13H9NO5.Na/c15-13(16)10-4-1-9(2-5-10)3-6-11-7-8-12(19-11)14(17)18;/h1-8H,(H,15,16);/q;+1/p-1/b6-3+;. The zero-order valence-corrected chi connectivity index (χ0v) is 12.6. The Morgan fingerprint density at radius 1 is 1.10 bits per heavy atom. The second-order valence-electron chi connectivity index (χ2n) is 3.68. The van der Waals surface area contributed by atoms with Crippen molar-refractivity contribution >= 4 is 24.0 Å². The van der Waals surface area contributed by atoms with E-state index in [0.717, 1.165) is 5.56 Å². The molecule has 0 aliphatic rings. The van der Waals surface area contributed by atoms with Crippen molar-refractivity contribution in [2.75, 3.05) is 0 Å². The van der Waals surface area contributed by atoms with Gasteiger partial charge < -0.3 is 14.3 Å². The van der Waals surface area contributed by atoms with Crippen LogP contribution in [-0.2, 0) is 0 Å². The van der Waals surface area contributed by atoms with E-state index < -0.39 is 10.9 Å². The molecule has 0 bridgehead atoms. The number of benzene rings is 1. The Morgan fingerprint density at radius 2 is 1.75 bits per heavy atom. The van der Waals surface area contributed by atoms with Crippen molar-refractivity contribution in [1.82, 2.24) is 0 Å². The molecule has 1 aromatic carbocycles. The van der Waals surface area contributed by atoms with Gasteiger partial charge in [-0.05, 0) is 23.3 Å². The normalized spacial score (nSPS) is 10.2. The van der Waals surface area contributed by atoms with Crippen LogP contribution in [-0.4, -0.2) is 10.9 Å². The predicted molar refractivity (Wildman–Crippen MR) is 65.1 cm³/mol. The molecule has 2 aromatic rings. The first kappa shape index (κ1) is 16.2. The summed E-state index contributed by atoms with van der Waals surface area (Å²) in [5.41, 5.74) is 0.829. The topological polar surface area (TPSA) is 96.4 Å². The number of carbonyl (C=O) groups excluding carboxylic acids is 1. The van der Waals surface area contributed by atoms with Crippen molar-refractivity contribution in [3.8, 4) is 0 Å². The molecule has 1 aromatic heterocycles. The van der Waals surface area contributed by atoms with Crippen molar-refractivity contribution in [3.63, 3.8) is 0 Å². The maximum atomic E-state index is 10.6. The number of rotatable bonds is 4. The summed E-state index contributed by atoms with van der Waals surface area (Å²) in [5.74, 6) is -1.22. The minimum atomic E-state index is -1.24. The Hall–Kier alpha value is -1.89. The average Bonchev–Trinajstić information content (AvgIpc) is 2.86. The number of nitro groups is 1. The summed E-state index contributed by atoms with van der Waals surface area (Å²) >= 11 is 0. The second-order valence-corrected chi connectivity index (χ2v) is 3.68. The van der Waals surface area contributed by atoms with E-state index in [1.807, 2.05) is 0 Å². The number of hydrogen-bond acceptors (Lipinski definition) is 5. The van der Waals surface area contributed by atoms with Crippen LogP contribution in [0.2, 0.25) is 0 Å². The van der Waals surface area contributed by atoms with Gasteiger partial charge in [-0.3, -0.25) is 10.1 Å².